The van der Waals surface area contributed by atoms with Crippen molar-refractivity contribution in [1.82, 2.24) is 0 Å². The van der Waals surface area contributed by atoms with Crippen LogP contribution in [-0.4, -0.2) is 22.8 Å². The van der Waals surface area contributed by atoms with E-state index in [4.69, 9.17) is 10.8 Å². The first-order valence-corrected chi connectivity index (χ1v) is 2.87. The highest BCUT2D eigenvalue weighted by molar-refractivity contribution is 5.83. The van der Waals surface area contributed by atoms with Crippen LogP contribution in [0, 0.1) is 5.92 Å². The lowest BCUT2D eigenvalue weighted by Gasteiger charge is -2.07. The van der Waals surface area contributed by atoms with Crippen molar-refractivity contribution < 1.29 is 23.1 Å². The number of alkyl halides is 3. The maximum atomic E-state index is 11.8. The van der Waals surface area contributed by atoms with Crippen molar-refractivity contribution in [2.45, 2.75) is 18.1 Å². The van der Waals surface area contributed by atoms with Gasteiger partial charge < -0.3 is 10.8 Å². The normalized spacial score (nSPS) is 36.9. The van der Waals surface area contributed by atoms with Crippen LogP contribution in [-0.2, 0) is 4.79 Å². The van der Waals surface area contributed by atoms with Gasteiger partial charge in [0.15, 0.2) is 0 Å². The van der Waals surface area contributed by atoms with E-state index in [1.165, 1.54) is 0 Å². The molecule has 0 aromatic carbocycles. The zero-order chi connectivity index (χ0) is 8.86. The molecule has 0 aromatic rings. The van der Waals surface area contributed by atoms with Crippen molar-refractivity contribution in [2.24, 2.45) is 11.7 Å². The van der Waals surface area contributed by atoms with Gasteiger partial charge in [-0.25, -0.2) is 0 Å². The predicted molar refractivity (Wildman–Crippen MR) is 28.7 cm³/mol. The summed E-state index contributed by atoms with van der Waals surface area (Å²) in [6.45, 7) is 0. The molecule has 3 N–H and O–H groups in total. The summed E-state index contributed by atoms with van der Waals surface area (Å²) in [6.07, 6.45) is -4.99. The predicted octanol–water partition coefficient (Wildman–Crippen LogP) is 0.351. The number of rotatable bonds is 1. The van der Waals surface area contributed by atoms with Crippen LogP contribution in [0.25, 0.3) is 0 Å². The summed E-state index contributed by atoms with van der Waals surface area (Å²) < 4.78 is 35.3. The second-order valence-corrected chi connectivity index (χ2v) is 2.64. The quantitative estimate of drug-likeness (QED) is 0.595. The minimum absolute atomic E-state index is 0.508. The number of aliphatic carboxylic acids is 1. The Morgan fingerprint density at radius 2 is 2.09 bits per heavy atom. The Hall–Kier alpha value is -0.780. The van der Waals surface area contributed by atoms with Crippen LogP contribution in [0.15, 0.2) is 0 Å². The molecule has 0 saturated heterocycles. The average molecular weight is 169 g/mol. The van der Waals surface area contributed by atoms with E-state index < -0.39 is 30.0 Å². The van der Waals surface area contributed by atoms with Crippen molar-refractivity contribution in [1.29, 1.82) is 0 Å². The van der Waals surface area contributed by atoms with Crippen molar-refractivity contribution >= 4 is 5.97 Å². The van der Waals surface area contributed by atoms with Gasteiger partial charge in [0.1, 0.15) is 5.54 Å². The summed E-state index contributed by atoms with van der Waals surface area (Å²) in [5.41, 5.74) is 2.84. The number of halogens is 3. The zero-order valence-electron chi connectivity index (χ0n) is 5.35. The summed E-state index contributed by atoms with van der Waals surface area (Å²) >= 11 is 0. The molecule has 64 valence electrons. The number of carboxylic acids is 1. The van der Waals surface area contributed by atoms with E-state index in [0.717, 1.165) is 0 Å². The molecule has 0 radical (unpaired) electrons. The van der Waals surface area contributed by atoms with Crippen LogP contribution >= 0.6 is 0 Å². The third kappa shape index (κ3) is 1.18. The number of nitrogens with two attached hydrogens (primary N) is 1. The SMILES string of the molecule is N[C@@]1(C(=O)O)C[C@@H]1C(F)(F)F. The lowest BCUT2D eigenvalue weighted by atomic mass is 10.2. The molecule has 0 bridgehead atoms. The Labute approximate surface area is 60.0 Å². The molecule has 0 spiro atoms. The van der Waals surface area contributed by atoms with Gasteiger partial charge in [-0.2, -0.15) is 13.2 Å². The molecule has 6 heteroatoms. The van der Waals surface area contributed by atoms with Crippen LogP contribution in [0.1, 0.15) is 6.42 Å². The van der Waals surface area contributed by atoms with E-state index in [0.29, 0.717) is 0 Å². The van der Waals surface area contributed by atoms with Gasteiger partial charge in [-0.1, -0.05) is 0 Å². The lowest BCUT2D eigenvalue weighted by molar-refractivity contribution is -0.161. The molecule has 3 nitrogen and oxygen atoms in total. The Morgan fingerprint density at radius 1 is 1.64 bits per heavy atom. The second-order valence-electron chi connectivity index (χ2n) is 2.64. The Morgan fingerprint density at radius 3 is 2.18 bits per heavy atom. The molecule has 0 aliphatic heterocycles. The second kappa shape index (κ2) is 1.88. The third-order valence-electron chi connectivity index (χ3n) is 1.80. The Bertz CT molecular complexity index is 202. The van der Waals surface area contributed by atoms with Gasteiger partial charge in [0.2, 0.25) is 0 Å². The maximum absolute atomic E-state index is 11.8. The fourth-order valence-corrected chi connectivity index (χ4v) is 0.923. The van der Waals surface area contributed by atoms with E-state index in [9.17, 15) is 18.0 Å². The van der Waals surface area contributed by atoms with E-state index in [-0.39, 0.29) is 0 Å². The lowest BCUT2D eigenvalue weighted by Crippen LogP contribution is -2.38. The number of carbonyl (C=O) groups is 1. The molecular weight excluding hydrogens is 163 g/mol. The van der Waals surface area contributed by atoms with Crippen molar-refractivity contribution in [3.05, 3.63) is 0 Å². The summed E-state index contributed by atoms with van der Waals surface area (Å²) in [4.78, 5) is 10.1. The molecular formula is C5H6F3NO2. The highest BCUT2D eigenvalue weighted by atomic mass is 19.4. The largest absolute Gasteiger partial charge is 0.480 e. The van der Waals surface area contributed by atoms with Crippen LogP contribution in [0.4, 0.5) is 13.2 Å². The van der Waals surface area contributed by atoms with Crippen molar-refractivity contribution in [3.8, 4) is 0 Å². The Kier molecular flexibility index (Phi) is 1.42. The topological polar surface area (TPSA) is 63.3 Å². The van der Waals surface area contributed by atoms with Crippen LogP contribution in [0.3, 0.4) is 0 Å². The van der Waals surface area contributed by atoms with E-state index in [1.807, 2.05) is 0 Å². The summed E-state index contributed by atoms with van der Waals surface area (Å²) in [6, 6.07) is 0. The molecule has 0 unspecified atom stereocenters. The highest BCUT2D eigenvalue weighted by Gasteiger charge is 2.69. The van der Waals surface area contributed by atoms with Crippen LogP contribution in [0.2, 0.25) is 0 Å². The fraction of sp³-hybridized carbons (Fsp3) is 0.800. The third-order valence-corrected chi connectivity index (χ3v) is 1.80. The maximum Gasteiger partial charge on any atom is 0.394 e. The summed E-state index contributed by atoms with van der Waals surface area (Å²) in [5, 5.41) is 8.22. The molecule has 2 atom stereocenters. The molecule has 1 rings (SSSR count). The molecule has 1 aliphatic carbocycles. The highest BCUT2D eigenvalue weighted by Crippen LogP contribution is 2.51. The van der Waals surface area contributed by atoms with Crippen molar-refractivity contribution in [3.63, 3.8) is 0 Å². The smallest absolute Gasteiger partial charge is 0.394 e. The van der Waals surface area contributed by atoms with Crippen LogP contribution < -0.4 is 5.73 Å². The fourth-order valence-electron chi connectivity index (χ4n) is 0.923. The molecule has 1 saturated carbocycles. The molecule has 0 aromatic heterocycles. The number of hydrogen-bond acceptors (Lipinski definition) is 2. The first kappa shape index (κ1) is 8.32. The average Bonchev–Trinajstić information content (AvgIpc) is 2.41. The minimum atomic E-state index is -4.48. The molecule has 11 heavy (non-hydrogen) atoms. The first-order chi connectivity index (χ1) is 4.78. The van der Waals surface area contributed by atoms with E-state index in [2.05, 4.69) is 0 Å². The standard InChI is InChI=1S/C5H6F3NO2/c6-5(7,8)2-1-4(2,9)3(10)11/h2H,1,9H2,(H,10,11)/t2-,4-/m0/s1. The molecule has 0 amide bonds. The van der Waals surface area contributed by atoms with Gasteiger partial charge in [0.05, 0.1) is 5.92 Å². The van der Waals surface area contributed by atoms with E-state index >= 15 is 0 Å². The van der Waals surface area contributed by atoms with E-state index in [1.54, 1.807) is 0 Å². The van der Waals surface area contributed by atoms with Crippen LogP contribution in [0.5, 0.6) is 0 Å². The summed E-state index contributed by atoms with van der Waals surface area (Å²) in [7, 11) is 0. The van der Waals surface area contributed by atoms with Gasteiger partial charge >= 0.3 is 12.1 Å². The minimum Gasteiger partial charge on any atom is -0.480 e. The van der Waals surface area contributed by atoms with Gasteiger partial charge in [-0.3, -0.25) is 4.79 Å². The van der Waals surface area contributed by atoms with Gasteiger partial charge in [0.25, 0.3) is 0 Å². The van der Waals surface area contributed by atoms with Gasteiger partial charge in [-0.05, 0) is 6.42 Å². The zero-order valence-corrected chi connectivity index (χ0v) is 5.35. The molecule has 1 fully saturated rings. The molecule has 1 aliphatic rings. The summed E-state index contributed by atoms with van der Waals surface area (Å²) in [5.74, 6) is -3.45. The number of hydrogen-bond donors (Lipinski definition) is 2. The monoisotopic (exact) mass is 169 g/mol. The first-order valence-electron chi connectivity index (χ1n) is 2.87. The van der Waals surface area contributed by atoms with Gasteiger partial charge in [0, 0.05) is 0 Å². The Balaban J connectivity index is 2.68. The molecule has 0 heterocycles. The van der Waals surface area contributed by atoms with Gasteiger partial charge in [-0.15, -0.1) is 0 Å². The number of carboxylic acid groups (broad SMARTS) is 1. The van der Waals surface area contributed by atoms with Crippen molar-refractivity contribution in [2.75, 3.05) is 0 Å².